The minimum Gasteiger partial charge on any atom is -0.392 e. The average Bonchev–Trinajstić information content (AvgIpc) is 2.28. The number of carbonyl (C=O) groups is 1. The van der Waals surface area contributed by atoms with Gasteiger partial charge >= 0.3 is 0 Å². The Balaban J connectivity index is 0.00000200. The summed E-state index contributed by atoms with van der Waals surface area (Å²) in [5, 5.41) is 12.7. The van der Waals surface area contributed by atoms with E-state index in [1.165, 1.54) is 0 Å². The number of aliphatic hydroxyl groups is 1. The van der Waals surface area contributed by atoms with E-state index in [2.05, 4.69) is 24.1 Å². The molecular weight excluding hydrogens is 313 g/mol. The van der Waals surface area contributed by atoms with Gasteiger partial charge in [0, 0.05) is 38.1 Å². The number of amides is 1. The number of hydrogen-bond acceptors (Lipinski definition) is 4. The summed E-state index contributed by atoms with van der Waals surface area (Å²) in [6.45, 7) is 11.1. The summed E-state index contributed by atoms with van der Waals surface area (Å²) in [5.74, 6) is 0.949. The van der Waals surface area contributed by atoms with E-state index in [0.717, 1.165) is 32.7 Å². The van der Waals surface area contributed by atoms with Gasteiger partial charge in [-0.3, -0.25) is 9.69 Å². The van der Waals surface area contributed by atoms with E-state index in [1.807, 2.05) is 11.8 Å². The molecule has 126 valence electrons. The topological polar surface area (TPSA) is 55.8 Å². The fourth-order valence-corrected chi connectivity index (χ4v) is 2.96. The molecule has 0 aliphatic carbocycles. The Bertz CT molecular complexity index is 327. The Hall–Kier alpha value is -0.0700. The minimum atomic E-state index is -0.301. The third-order valence-corrected chi connectivity index (χ3v) is 4.49. The van der Waals surface area contributed by atoms with Crippen LogP contribution in [0.15, 0.2) is 0 Å². The zero-order valence-electron chi connectivity index (χ0n) is 13.1. The first-order chi connectivity index (χ1) is 8.99. The van der Waals surface area contributed by atoms with Gasteiger partial charge in [-0.05, 0) is 32.9 Å². The lowest BCUT2D eigenvalue weighted by molar-refractivity contribution is -0.140. The number of nitrogens with zero attached hydrogens (tertiary/aromatic N) is 2. The zero-order valence-corrected chi connectivity index (χ0v) is 14.8. The molecule has 2 heterocycles. The monoisotopic (exact) mass is 341 g/mol. The first kappa shape index (κ1) is 20.9. The highest BCUT2D eigenvalue weighted by molar-refractivity contribution is 5.85. The maximum absolute atomic E-state index is 12.4. The average molecular weight is 342 g/mol. The SMILES string of the molecule is CC(O)CN1CCN(C(=O)C(C)C2CNC2)CC1C.Cl.Cl. The maximum atomic E-state index is 12.4. The molecule has 2 fully saturated rings. The molecule has 0 saturated carbocycles. The molecule has 0 aromatic heterocycles. The molecule has 2 N–H and O–H groups in total. The van der Waals surface area contributed by atoms with E-state index in [-0.39, 0.29) is 36.8 Å². The van der Waals surface area contributed by atoms with Crippen LogP contribution >= 0.6 is 24.8 Å². The van der Waals surface area contributed by atoms with Gasteiger partial charge in [0.05, 0.1) is 6.10 Å². The van der Waals surface area contributed by atoms with Gasteiger partial charge in [-0.1, -0.05) is 6.92 Å². The van der Waals surface area contributed by atoms with E-state index >= 15 is 0 Å². The fourth-order valence-electron chi connectivity index (χ4n) is 2.96. The lowest BCUT2D eigenvalue weighted by atomic mass is 9.87. The van der Waals surface area contributed by atoms with E-state index in [4.69, 9.17) is 0 Å². The van der Waals surface area contributed by atoms with Crippen molar-refractivity contribution in [1.29, 1.82) is 0 Å². The molecule has 2 aliphatic rings. The molecule has 0 spiro atoms. The zero-order chi connectivity index (χ0) is 14.0. The smallest absolute Gasteiger partial charge is 0.225 e. The lowest BCUT2D eigenvalue weighted by Gasteiger charge is -2.42. The molecule has 0 radical (unpaired) electrons. The van der Waals surface area contributed by atoms with Crippen molar-refractivity contribution < 1.29 is 9.90 Å². The number of halogens is 2. The molecule has 3 unspecified atom stereocenters. The largest absolute Gasteiger partial charge is 0.392 e. The summed E-state index contributed by atoms with van der Waals surface area (Å²) in [5.41, 5.74) is 0. The van der Waals surface area contributed by atoms with Gasteiger partial charge in [0.15, 0.2) is 0 Å². The first-order valence-corrected chi connectivity index (χ1v) is 7.40. The summed E-state index contributed by atoms with van der Waals surface area (Å²) in [7, 11) is 0. The van der Waals surface area contributed by atoms with Crippen LogP contribution in [-0.4, -0.2) is 72.2 Å². The Morgan fingerprint density at radius 3 is 2.33 bits per heavy atom. The predicted octanol–water partition coefficient (Wildman–Crippen LogP) is 0.599. The third kappa shape index (κ3) is 5.25. The molecule has 2 aliphatic heterocycles. The second kappa shape index (κ2) is 9.16. The summed E-state index contributed by atoms with van der Waals surface area (Å²) in [4.78, 5) is 16.7. The first-order valence-electron chi connectivity index (χ1n) is 7.40. The number of β-amino-alcohol motifs (C(OH)–C–C–N with tert-alkyl or cyclic N) is 1. The number of piperazine rings is 1. The van der Waals surface area contributed by atoms with Crippen LogP contribution in [0.25, 0.3) is 0 Å². The van der Waals surface area contributed by atoms with Crippen LogP contribution in [0.5, 0.6) is 0 Å². The number of aliphatic hydroxyl groups excluding tert-OH is 1. The van der Waals surface area contributed by atoms with Gasteiger partial charge in [0.25, 0.3) is 0 Å². The van der Waals surface area contributed by atoms with Crippen LogP contribution in [0.1, 0.15) is 20.8 Å². The molecular formula is C14H29Cl2N3O2. The standard InChI is InChI=1S/C14H27N3O2.2ClH/c1-10-8-17(5-4-16(10)9-11(2)18)14(19)12(3)13-6-15-7-13;;/h10-13,15,18H,4-9H2,1-3H3;2*1H. The Morgan fingerprint density at radius 1 is 1.29 bits per heavy atom. The number of rotatable bonds is 4. The predicted molar refractivity (Wildman–Crippen MR) is 89.3 cm³/mol. The van der Waals surface area contributed by atoms with Crippen LogP contribution in [-0.2, 0) is 4.79 Å². The molecule has 5 nitrogen and oxygen atoms in total. The van der Waals surface area contributed by atoms with Gasteiger partial charge in [0.2, 0.25) is 5.91 Å². The molecule has 3 atom stereocenters. The van der Waals surface area contributed by atoms with Crippen LogP contribution in [0, 0.1) is 11.8 Å². The minimum absolute atomic E-state index is 0. The Morgan fingerprint density at radius 2 is 1.90 bits per heavy atom. The van der Waals surface area contributed by atoms with Crippen LogP contribution in [0.4, 0.5) is 0 Å². The summed E-state index contributed by atoms with van der Waals surface area (Å²) >= 11 is 0. The van der Waals surface area contributed by atoms with Crippen molar-refractivity contribution >= 4 is 30.7 Å². The Labute approximate surface area is 140 Å². The fraction of sp³-hybridized carbons (Fsp3) is 0.929. The van der Waals surface area contributed by atoms with Crippen LogP contribution < -0.4 is 5.32 Å². The van der Waals surface area contributed by atoms with Crippen molar-refractivity contribution in [3.63, 3.8) is 0 Å². The lowest BCUT2D eigenvalue weighted by Crippen LogP contribution is -2.57. The van der Waals surface area contributed by atoms with E-state index in [1.54, 1.807) is 0 Å². The summed E-state index contributed by atoms with van der Waals surface area (Å²) < 4.78 is 0. The van der Waals surface area contributed by atoms with Gasteiger partial charge in [-0.15, -0.1) is 24.8 Å². The second-order valence-electron chi connectivity index (χ2n) is 6.18. The van der Waals surface area contributed by atoms with Gasteiger partial charge in [-0.2, -0.15) is 0 Å². The highest BCUT2D eigenvalue weighted by atomic mass is 35.5. The molecule has 0 bridgehead atoms. The maximum Gasteiger partial charge on any atom is 0.225 e. The second-order valence-corrected chi connectivity index (χ2v) is 6.18. The van der Waals surface area contributed by atoms with E-state index < -0.39 is 0 Å². The highest BCUT2D eigenvalue weighted by Crippen LogP contribution is 2.20. The molecule has 21 heavy (non-hydrogen) atoms. The molecule has 7 heteroatoms. The number of nitrogens with one attached hydrogen (secondary N) is 1. The molecule has 1 amide bonds. The highest BCUT2D eigenvalue weighted by Gasteiger charge is 2.34. The van der Waals surface area contributed by atoms with Gasteiger partial charge < -0.3 is 15.3 Å². The van der Waals surface area contributed by atoms with Crippen LogP contribution in [0.3, 0.4) is 0 Å². The summed E-state index contributed by atoms with van der Waals surface area (Å²) in [6.07, 6.45) is -0.301. The van der Waals surface area contributed by atoms with Crippen LogP contribution in [0.2, 0.25) is 0 Å². The number of hydrogen-bond donors (Lipinski definition) is 2. The van der Waals surface area contributed by atoms with Crippen molar-refractivity contribution in [3.8, 4) is 0 Å². The van der Waals surface area contributed by atoms with Crippen molar-refractivity contribution in [2.45, 2.75) is 32.9 Å². The molecule has 0 aromatic rings. The Kier molecular flexibility index (Phi) is 9.12. The van der Waals surface area contributed by atoms with Gasteiger partial charge in [-0.25, -0.2) is 0 Å². The quantitative estimate of drug-likeness (QED) is 0.786. The van der Waals surface area contributed by atoms with E-state index in [9.17, 15) is 9.90 Å². The molecule has 2 saturated heterocycles. The molecule has 0 aromatic carbocycles. The number of carbonyl (C=O) groups excluding carboxylic acids is 1. The van der Waals surface area contributed by atoms with Crippen molar-refractivity contribution in [3.05, 3.63) is 0 Å². The normalized spacial score (nSPS) is 26.1. The van der Waals surface area contributed by atoms with Crippen molar-refractivity contribution in [1.82, 2.24) is 15.1 Å². The van der Waals surface area contributed by atoms with Crippen molar-refractivity contribution in [2.24, 2.45) is 11.8 Å². The van der Waals surface area contributed by atoms with E-state index in [0.29, 0.717) is 24.4 Å². The van der Waals surface area contributed by atoms with Gasteiger partial charge in [0.1, 0.15) is 0 Å². The molecule has 2 rings (SSSR count). The third-order valence-electron chi connectivity index (χ3n) is 4.49. The summed E-state index contributed by atoms with van der Waals surface area (Å²) in [6, 6.07) is 0.332. The van der Waals surface area contributed by atoms with Crippen molar-refractivity contribution in [2.75, 3.05) is 39.3 Å².